The maximum atomic E-state index is 11.4. The van der Waals surface area contributed by atoms with Crippen molar-refractivity contribution < 1.29 is 8.42 Å². The molecule has 2 rings (SSSR count). The summed E-state index contributed by atoms with van der Waals surface area (Å²) >= 11 is 0. The predicted octanol–water partition coefficient (Wildman–Crippen LogP) is 1.06. The molecule has 0 aromatic heterocycles. The zero-order valence-electron chi connectivity index (χ0n) is 11.9. The van der Waals surface area contributed by atoms with Crippen molar-refractivity contribution in [3.63, 3.8) is 0 Å². The molecule has 110 valence electrons. The molecule has 20 heavy (non-hydrogen) atoms. The highest BCUT2D eigenvalue weighted by Gasteiger charge is 2.22. The van der Waals surface area contributed by atoms with Gasteiger partial charge >= 0.3 is 0 Å². The number of nitrogens with one attached hydrogen (secondary N) is 2. The van der Waals surface area contributed by atoms with Crippen LogP contribution in [-0.2, 0) is 22.1 Å². The van der Waals surface area contributed by atoms with Gasteiger partial charge in [-0.2, -0.15) is 0 Å². The van der Waals surface area contributed by atoms with E-state index in [4.69, 9.17) is 0 Å². The second-order valence-corrected chi connectivity index (χ2v) is 7.32. The third-order valence-corrected chi connectivity index (χ3v) is 3.96. The maximum Gasteiger partial charge on any atom is 0.191 e. The molecular weight excluding hydrogens is 274 g/mol. The standard InChI is InChI=1S/C14H21N3O2S/c1-15-14(17-13-7-8-13)16-9-11-5-3-4-6-12(11)10-20(2,18)19/h3-6,13H,7-10H2,1-2H3,(H2,15,16,17). The molecular formula is C14H21N3O2S. The molecule has 1 aliphatic rings. The summed E-state index contributed by atoms with van der Waals surface area (Å²) in [6.07, 6.45) is 3.63. The van der Waals surface area contributed by atoms with Crippen molar-refractivity contribution in [2.75, 3.05) is 13.3 Å². The van der Waals surface area contributed by atoms with E-state index in [9.17, 15) is 8.42 Å². The molecule has 2 N–H and O–H groups in total. The fourth-order valence-electron chi connectivity index (χ4n) is 1.95. The first-order valence-electron chi connectivity index (χ1n) is 6.69. The highest BCUT2D eigenvalue weighted by atomic mass is 32.2. The lowest BCUT2D eigenvalue weighted by Crippen LogP contribution is -2.38. The number of aliphatic imine (C=N–C) groups is 1. The second-order valence-electron chi connectivity index (χ2n) is 5.18. The quantitative estimate of drug-likeness (QED) is 0.629. The van der Waals surface area contributed by atoms with Crippen LogP contribution in [0, 0.1) is 0 Å². The number of guanidine groups is 1. The van der Waals surface area contributed by atoms with Crippen molar-refractivity contribution >= 4 is 15.8 Å². The first-order valence-corrected chi connectivity index (χ1v) is 8.75. The number of hydrogen-bond acceptors (Lipinski definition) is 3. The summed E-state index contributed by atoms with van der Waals surface area (Å²) in [7, 11) is -1.29. The van der Waals surface area contributed by atoms with Gasteiger partial charge in [0.05, 0.1) is 5.75 Å². The Kier molecular flexibility index (Phi) is 4.65. The number of hydrogen-bond donors (Lipinski definition) is 2. The van der Waals surface area contributed by atoms with E-state index in [1.54, 1.807) is 7.05 Å². The minimum atomic E-state index is -3.03. The highest BCUT2D eigenvalue weighted by Crippen LogP contribution is 2.18. The normalized spacial score (nSPS) is 16.0. The molecule has 0 spiro atoms. The molecule has 1 saturated carbocycles. The topological polar surface area (TPSA) is 70.6 Å². The van der Waals surface area contributed by atoms with E-state index in [2.05, 4.69) is 15.6 Å². The van der Waals surface area contributed by atoms with E-state index in [0.717, 1.165) is 17.1 Å². The molecule has 0 atom stereocenters. The molecule has 1 aromatic rings. The lowest BCUT2D eigenvalue weighted by molar-refractivity contribution is 0.601. The van der Waals surface area contributed by atoms with Crippen molar-refractivity contribution in [2.24, 2.45) is 4.99 Å². The monoisotopic (exact) mass is 295 g/mol. The molecule has 1 aromatic carbocycles. The molecule has 0 radical (unpaired) electrons. The van der Waals surface area contributed by atoms with Crippen molar-refractivity contribution in [1.29, 1.82) is 0 Å². The van der Waals surface area contributed by atoms with Crippen LogP contribution in [0.5, 0.6) is 0 Å². The van der Waals surface area contributed by atoms with Gasteiger partial charge in [-0.15, -0.1) is 0 Å². The molecule has 0 amide bonds. The molecule has 0 aliphatic heterocycles. The van der Waals surface area contributed by atoms with Crippen LogP contribution in [0.2, 0.25) is 0 Å². The minimum Gasteiger partial charge on any atom is -0.354 e. The van der Waals surface area contributed by atoms with Gasteiger partial charge in [-0.25, -0.2) is 8.42 Å². The van der Waals surface area contributed by atoms with E-state index in [-0.39, 0.29) is 5.75 Å². The Morgan fingerprint density at radius 1 is 1.30 bits per heavy atom. The minimum absolute atomic E-state index is 0.0690. The van der Waals surface area contributed by atoms with Crippen LogP contribution >= 0.6 is 0 Å². The number of sulfone groups is 1. The number of nitrogens with zero attached hydrogens (tertiary/aromatic N) is 1. The Bertz CT molecular complexity index is 592. The Balaban J connectivity index is 2.01. The van der Waals surface area contributed by atoms with Crippen LogP contribution in [0.25, 0.3) is 0 Å². The Morgan fingerprint density at radius 3 is 2.50 bits per heavy atom. The lowest BCUT2D eigenvalue weighted by atomic mass is 10.1. The van der Waals surface area contributed by atoms with Crippen LogP contribution in [0.3, 0.4) is 0 Å². The summed E-state index contributed by atoms with van der Waals surface area (Å²) < 4.78 is 22.9. The summed E-state index contributed by atoms with van der Waals surface area (Å²) in [5, 5.41) is 6.53. The van der Waals surface area contributed by atoms with Crippen LogP contribution in [-0.4, -0.2) is 33.7 Å². The SMILES string of the molecule is CN=C(NCc1ccccc1CS(C)(=O)=O)NC1CC1. The molecule has 6 heteroatoms. The van der Waals surface area contributed by atoms with Crippen molar-refractivity contribution in [3.05, 3.63) is 35.4 Å². The average molecular weight is 295 g/mol. The van der Waals surface area contributed by atoms with E-state index in [0.29, 0.717) is 12.6 Å². The molecule has 0 bridgehead atoms. The zero-order chi connectivity index (χ0) is 14.6. The largest absolute Gasteiger partial charge is 0.354 e. The molecule has 5 nitrogen and oxygen atoms in total. The Morgan fingerprint density at radius 2 is 1.95 bits per heavy atom. The van der Waals surface area contributed by atoms with Gasteiger partial charge in [-0.1, -0.05) is 24.3 Å². The van der Waals surface area contributed by atoms with E-state index in [1.165, 1.54) is 19.1 Å². The number of rotatable bonds is 5. The van der Waals surface area contributed by atoms with Gasteiger partial charge in [-0.05, 0) is 24.0 Å². The molecule has 0 unspecified atom stereocenters. The third-order valence-electron chi connectivity index (χ3n) is 3.12. The summed E-state index contributed by atoms with van der Waals surface area (Å²) in [6, 6.07) is 8.11. The third kappa shape index (κ3) is 4.85. The van der Waals surface area contributed by atoms with Crippen LogP contribution < -0.4 is 10.6 Å². The number of benzene rings is 1. The van der Waals surface area contributed by atoms with Crippen molar-refractivity contribution in [1.82, 2.24) is 10.6 Å². The fourth-order valence-corrected chi connectivity index (χ4v) is 2.79. The molecule has 1 fully saturated rings. The van der Waals surface area contributed by atoms with Gasteiger partial charge in [0, 0.05) is 25.9 Å². The van der Waals surface area contributed by atoms with Gasteiger partial charge in [0.2, 0.25) is 0 Å². The van der Waals surface area contributed by atoms with E-state index < -0.39 is 9.84 Å². The Hall–Kier alpha value is -1.56. The summed E-state index contributed by atoms with van der Waals surface area (Å²) in [5.41, 5.74) is 1.82. The van der Waals surface area contributed by atoms with E-state index >= 15 is 0 Å². The second kappa shape index (κ2) is 6.26. The van der Waals surface area contributed by atoms with Gasteiger partial charge in [0.1, 0.15) is 0 Å². The zero-order valence-corrected chi connectivity index (χ0v) is 12.7. The summed E-state index contributed by atoms with van der Waals surface area (Å²) in [6.45, 7) is 0.568. The van der Waals surface area contributed by atoms with Crippen molar-refractivity contribution in [3.8, 4) is 0 Å². The predicted molar refractivity (Wildman–Crippen MR) is 81.3 cm³/mol. The average Bonchev–Trinajstić information content (AvgIpc) is 3.18. The van der Waals surface area contributed by atoms with E-state index in [1.807, 2.05) is 24.3 Å². The van der Waals surface area contributed by atoms with Crippen LogP contribution in [0.15, 0.2) is 29.3 Å². The highest BCUT2D eigenvalue weighted by molar-refractivity contribution is 7.89. The first-order chi connectivity index (χ1) is 9.48. The summed E-state index contributed by atoms with van der Waals surface area (Å²) in [4.78, 5) is 4.16. The van der Waals surface area contributed by atoms with Gasteiger partial charge < -0.3 is 10.6 Å². The molecule has 0 heterocycles. The molecule has 1 aliphatic carbocycles. The Labute approximate surface area is 120 Å². The smallest absolute Gasteiger partial charge is 0.191 e. The first kappa shape index (κ1) is 14.8. The maximum absolute atomic E-state index is 11.4. The van der Waals surface area contributed by atoms with Crippen LogP contribution in [0.4, 0.5) is 0 Å². The van der Waals surface area contributed by atoms with Gasteiger partial charge in [-0.3, -0.25) is 4.99 Å². The lowest BCUT2D eigenvalue weighted by Gasteiger charge is -2.13. The summed E-state index contributed by atoms with van der Waals surface area (Å²) in [5.74, 6) is 0.834. The van der Waals surface area contributed by atoms with Gasteiger partial charge in [0.25, 0.3) is 0 Å². The van der Waals surface area contributed by atoms with Crippen molar-refractivity contribution in [2.45, 2.75) is 31.2 Å². The van der Waals surface area contributed by atoms with Gasteiger partial charge in [0.15, 0.2) is 15.8 Å². The fraction of sp³-hybridized carbons (Fsp3) is 0.500. The van der Waals surface area contributed by atoms with Crippen LogP contribution in [0.1, 0.15) is 24.0 Å². The molecule has 0 saturated heterocycles.